The van der Waals surface area contributed by atoms with Crippen LogP contribution in [0.3, 0.4) is 0 Å². The standard InChI is InChI=1S/C11H15NOS/c1-2-4-11(5-3-1)13-8-10-9-14-7-6-12-10/h1-5,10,12H,6-9H2. The Hall–Kier alpha value is -0.670. The van der Waals surface area contributed by atoms with Crippen LogP contribution in [0.15, 0.2) is 30.3 Å². The number of nitrogens with one attached hydrogen (secondary N) is 1. The summed E-state index contributed by atoms with van der Waals surface area (Å²) in [5, 5.41) is 3.44. The van der Waals surface area contributed by atoms with Crippen molar-refractivity contribution < 1.29 is 4.74 Å². The van der Waals surface area contributed by atoms with Gasteiger partial charge in [0.05, 0.1) is 6.04 Å². The van der Waals surface area contributed by atoms with E-state index >= 15 is 0 Å². The van der Waals surface area contributed by atoms with Crippen molar-refractivity contribution in [3.05, 3.63) is 30.3 Å². The molecule has 0 saturated carbocycles. The van der Waals surface area contributed by atoms with Gasteiger partial charge in [0, 0.05) is 18.1 Å². The van der Waals surface area contributed by atoms with Crippen LogP contribution in [-0.2, 0) is 0 Å². The number of rotatable bonds is 3. The molecule has 1 aliphatic heterocycles. The minimum atomic E-state index is 0.508. The van der Waals surface area contributed by atoms with Crippen molar-refractivity contribution in [2.75, 3.05) is 24.7 Å². The van der Waals surface area contributed by atoms with E-state index in [2.05, 4.69) is 5.32 Å². The number of ether oxygens (including phenoxy) is 1. The maximum absolute atomic E-state index is 5.67. The SMILES string of the molecule is c1ccc(OCC2CSCCN2)cc1. The summed E-state index contributed by atoms with van der Waals surface area (Å²) < 4.78 is 5.67. The Balaban J connectivity index is 1.76. The number of hydrogen-bond donors (Lipinski definition) is 1. The van der Waals surface area contributed by atoms with Gasteiger partial charge in [-0.05, 0) is 12.1 Å². The molecule has 3 heteroatoms. The molecule has 76 valence electrons. The van der Waals surface area contributed by atoms with E-state index in [9.17, 15) is 0 Å². The van der Waals surface area contributed by atoms with Crippen LogP contribution < -0.4 is 10.1 Å². The highest BCUT2D eigenvalue weighted by Crippen LogP contribution is 2.11. The molecule has 1 N–H and O–H groups in total. The maximum atomic E-state index is 5.67. The minimum Gasteiger partial charge on any atom is -0.492 e. The van der Waals surface area contributed by atoms with E-state index in [4.69, 9.17) is 4.74 Å². The third kappa shape index (κ3) is 2.93. The first kappa shape index (κ1) is 9.87. The van der Waals surface area contributed by atoms with E-state index in [1.165, 1.54) is 5.75 Å². The molecule has 1 aliphatic rings. The fourth-order valence-corrected chi connectivity index (χ4v) is 2.37. The number of thioether (sulfide) groups is 1. The van der Waals surface area contributed by atoms with Crippen LogP contribution in [0.25, 0.3) is 0 Å². The topological polar surface area (TPSA) is 21.3 Å². The Morgan fingerprint density at radius 2 is 2.21 bits per heavy atom. The van der Waals surface area contributed by atoms with Crippen molar-refractivity contribution in [1.29, 1.82) is 0 Å². The van der Waals surface area contributed by atoms with E-state index in [1.807, 2.05) is 42.1 Å². The van der Waals surface area contributed by atoms with Gasteiger partial charge in [0.2, 0.25) is 0 Å². The van der Waals surface area contributed by atoms with Crippen LogP contribution in [0.4, 0.5) is 0 Å². The molecule has 1 unspecified atom stereocenters. The van der Waals surface area contributed by atoms with E-state index in [0.717, 1.165) is 24.7 Å². The summed E-state index contributed by atoms with van der Waals surface area (Å²) in [4.78, 5) is 0. The van der Waals surface area contributed by atoms with Gasteiger partial charge >= 0.3 is 0 Å². The smallest absolute Gasteiger partial charge is 0.119 e. The molecule has 1 fully saturated rings. The van der Waals surface area contributed by atoms with Crippen LogP contribution in [-0.4, -0.2) is 30.7 Å². The van der Waals surface area contributed by atoms with Crippen LogP contribution in [0.5, 0.6) is 5.75 Å². The minimum absolute atomic E-state index is 0.508. The molecule has 0 aliphatic carbocycles. The van der Waals surface area contributed by atoms with Gasteiger partial charge in [-0.25, -0.2) is 0 Å². The monoisotopic (exact) mass is 209 g/mol. The molecule has 0 amide bonds. The summed E-state index contributed by atoms with van der Waals surface area (Å²) in [7, 11) is 0. The Morgan fingerprint density at radius 3 is 2.93 bits per heavy atom. The quantitative estimate of drug-likeness (QED) is 0.820. The van der Waals surface area contributed by atoms with Gasteiger partial charge in [-0.2, -0.15) is 11.8 Å². The van der Waals surface area contributed by atoms with Crippen LogP contribution in [0, 0.1) is 0 Å². The van der Waals surface area contributed by atoms with Crippen LogP contribution in [0.2, 0.25) is 0 Å². The molecule has 0 bridgehead atoms. The molecule has 2 nitrogen and oxygen atoms in total. The molecule has 0 aromatic heterocycles. The lowest BCUT2D eigenvalue weighted by Gasteiger charge is -2.23. The van der Waals surface area contributed by atoms with E-state index < -0.39 is 0 Å². The van der Waals surface area contributed by atoms with Crippen molar-refractivity contribution in [2.24, 2.45) is 0 Å². The Kier molecular flexibility index (Phi) is 3.72. The first-order valence-electron chi connectivity index (χ1n) is 4.94. The second-order valence-corrected chi connectivity index (χ2v) is 4.50. The summed E-state index contributed by atoms with van der Waals surface area (Å²) in [6.07, 6.45) is 0. The second-order valence-electron chi connectivity index (χ2n) is 3.35. The summed E-state index contributed by atoms with van der Waals surface area (Å²) in [5.41, 5.74) is 0. The lowest BCUT2D eigenvalue weighted by Crippen LogP contribution is -2.41. The van der Waals surface area contributed by atoms with Gasteiger partial charge < -0.3 is 10.1 Å². The zero-order valence-electron chi connectivity index (χ0n) is 8.11. The molecule has 1 atom stereocenters. The van der Waals surface area contributed by atoms with Crippen molar-refractivity contribution in [1.82, 2.24) is 5.32 Å². The summed E-state index contributed by atoms with van der Waals surface area (Å²) >= 11 is 2.00. The largest absolute Gasteiger partial charge is 0.492 e. The fourth-order valence-electron chi connectivity index (χ4n) is 1.44. The highest BCUT2D eigenvalue weighted by Gasteiger charge is 2.12. The van der Waals surface area contributed by atoms with E-state index in [1.54, 1.807) is 0 Å². The Bertz CT molecular complexity index is 259. The molecule has 1 aromatic carbocycles. The van der Waals surface area contributed by atoms with E-state index in [-0.39, 0.29) is 0 Å². The maximum Gasteiger partial charge on any atom is 0.119 e. The Morgan fingerprint density at radius 1 is 1.36 bits per heavy atom. The molecule has 14 heavy (non-hydrogen) atoms. The van der Waals surface area contributed by atoms with Crippen molar-refractivity contribution in [2.45, 2.75) is 6.04 Å². The van der Waals surface area contributed by atoms with Gasteiger partial charge in [-0.3, -0.25) is 0 Å². The van der Waals surface area contributed by atoms with Gasteiger partial charge in [-0.15, -0.1) is 0 Å². The molecular formula is C11H15NOS. The fraction of sp³-hybridized carbons (Fsp3) is 0.455. The van der Waals surface area contributed by atoms with E-state index in [0.29, 0.717) is 6.04 Å². The molecule has 1 saturated heterocycles. The molecule has 2 rings (SSSR count). The number of hydrogen-bond acceptors (Lipinski definition) is 3. The predicted octanol–water partition coefficient (Wildman–Crippen LogP) is 1.77. The first-order chi connectivity index (χ1) is 6.95. The van der Waals surface area contributed by atoms with Gasteiger partial charge in [-0.1, -0.05) is 18.2 Å². The summed E-state index contributed by atoms with van der Waals surface area (Å²) in [6, 6.07) is 10.5. The van der Waals surface area contributed by atoms with Gasteiger partial charge in [0.1, 0.15) is 12.4 Å². The average molecular weight is 209 g/mol. The highest BCUT2D eigenvalue weighted by molar-refractivity contribution is 7.99. The first-order valence-corrected chi connectivity index (χ1v) is 6.09. The molecule has 0 spiro atoms. The zero-order valence-corrected chi connectivity index (χ0v) is 8.93. The second kappa shape index (κ2) is 5.27. The van der Waals surface area contributed by atoms with Crippen molar-refractivity contribution in [3.63, 3.8) is 0 Å². The molecule has 1 heterocycles. The number of para-hydroxylation sites is 1. The van der Waals surface area contributed by atoms with Crippen molar-refractivity contribution in [3.8, 4) is 5.75 Å². The summed E-state index contributed by atoms with van der Waals surface area (Å²) in [5.74, 6) is 3.35. The molecule has 0 radical (unpaired) electrons. The van der Waals surface area contributed by atoms with Gasteiger partial charge in [0.15, 0.2) is 0 Å². The lowest BCUT2D eigenvalue weighted by atomic mass is 10.3. The molecular weight excluding hydrogens is 194 g/mol. The average Bonchev–Trinajstić information content (AvgIpc) is 2.29. The normalized spacial score (nSPS) is 21.9. The highest BCUT2D eigenvalue weighted by atomic mass is 32.2. The van der Waals surface area contributed by atoms with Crippen molar-refractivity contribution >= 4 is 11.8 Å². The predicted molar refractivity (Wildman–Crippen MR) is 61.1 cm³/mol. The summed E-state index contributed by atoms with van der Waals surface area (Å²) in [6.45, 7) is 1.88. The molecule has 1 aromatic rings. The number of benzene rings is 1. The van der Waals surface area contributed by atoms with Crippen LogP contribution >= 0.6 is 11.8 Å². The van der Waals surface area contributed by atoms with Crippen LogP contribution in [0.1, 0.15) is 0 Å². The third-order valence-corrected chi connectivity index (χ3v) is 3.32. The lowest BCUT2D eigenvalue weighted by molar-refractivity contribution is 0.276. The zero-order chi connectivity index (χ0) is 9.64. The Labute approximate surface area is 89.0 Å². The third-order valence-electron chi connectivity index (χ3n) is 2.19. The van der Waals surface area contributed by atoms with Gasteiger partial charge in [0.25, 0.3) is 0 Å².